The van der Waals surface area contributed by atoms with E-state index in [1.807, 2.05) is 0 Å². The molecule has 0 fully saturated rings. The summed E-state index contributed by atoms with van der Waals surface area (Å²) in [6.07, 6.45) is 1.81. The SMILES string of the molecule is CCc1cccc2c1oc1c(N(c3ccc(C)cc3)c3ccc4ccc5c(N(c6ccc(C)cc6)c6cccc7c6oc6c(CC)cccc67)ccc6ccc3c4c65)cccc12. The van der Waals surface area contributed by atoms with Crippen molar-refractivity contribution in [3.63, 3.8) is 0 Å². The van der Waals surface area contributed by atoms with Gasteiger partial charge in [0.15, 0.2) is 11.2 Å². The highest BCUT2D eigenvalue weighted by molar-refractivity contribution is 6.28. The number of benzene rings is 10. The van der Waals surface area contributed by atoms with Crippen molar-refractivity contribution in [1.29, 1.82) is 0 Å². The molecule has 0 radical (unpaired) electrons. The largest absolute Gasteiger partial charge is 0.454 e. The average molecular weight is 801 g/mol. The minimum Gasteiger partial charge on any atom is -0.454 e. The molecule has 0 atom stereocenters. The Labute approximate surface area is 360 Å². The van der Waals surface area contributed by atoms with E-state index < -0.39 is 0 Å². The highest BCUT2D eigenvalue weighted by Crippen LogP contribution is 2.50. The molecule has 0 saturated heterocycles. The van der Waals surface area contributed by atoms with Gasteiger partial charge in [-0.3, -0.25) is 0 Å². The van der Waals surface area contributed by atoms with E-state index in [9.17, 15) is 0 Å². The highest BCUT2D eigenvalue weighted by Gasteiger charge is 2.26. The van der Waals surface area contributed by atoms with E-state index in [0.717, 1.165) is 90.8 Å². The molecule has 12 aromatic rings. The first-order chi connectivity index (χ1) is 30.5. The maximum absolute atomic E-state index is 6.92. The molecule has 0 aliphatic rings. The van der Waals surface area contributed by atoms with E-state index >= 15 is 0 Å². The fraction of sp³-hybridized carbons (Fsp3) is 0.103. The topological polar surface area (TPSA) is 32.8 Å². The Kier molecular flexibility index (Phi) is 8.20. The van der Waals surface area contributed by atoms with Crippen LogP contribution >= 0.6 is 0 Å². The van der Waals surface area contributed by atoms with Gasteiger partial charge in [-0.25, -0.2) is 0 Å². The number of furan rings is 2. The van der Waals surface area contributed by atoms with Gasteiger partial charge in [-0.05, 0) is 108 Å². The summed E-state index contributed by atoms with van der Waals surface area (Å²) < 4.78 is 13.8. The number of hydrogen-bond acceptors (Lipinski definition) is 4. The molecule has 4 heteroatoms. The van der Waals surface area contributed by atoms with Crippen LogP contribution in [0.25, 0.3) is 76.2 Å². The van der Waals surface area contributed by atoms with Crippen molar-refractivity contribution < 1.29 is 8.83 Å². The summed E-state index contributed by atoms with van der Waals surface area (Å²) in [7, 11) is 0. The van der Waals surface area contributed by atoms with E-state index in [-0.39, 0.29) is 0 Å². The zero-order chi connectivity index (χ0) is 41.6. The number of fused-ring (bicyclic) bond motifs is 6. The standard InChI is InChI=1S/C58H44N2O2/c1-5-37-11-7-13-43-45-15-9-17-51(57(45)61-55(37)43)59(41-27-19-35(3)20-28-41)49-33-25-39-24-32-48-50(34-26-40-23-31-47(49)53(39)54(40)48)60(42-29-21-36(4)22-30-42)52-18-10-16-46-44-14-8-12-38(6-2)56(44)62-58(46)52/h7-34H,5-6H2,1-4H3. The number of aryl methyl sites for hydroxylation is 4. The lowest BCUT2D eigenvalue weighted by Gasteiger charge is -2.29. The Balaban J connectivity index is 1.13. The fourth-order valence-electron chi connectivity index (χ4n) is 10.0. The van der Waals surface area contributed by atoms with E-state index in [0.29, 0.717) is 0 Å². The molecule has 62 heavy (non-hydrogen) atoms. The molecule has 0 aliphatic carbocycles. The Morgan fingerprint density at radius 2 is 0.710 bits per heavy atom. The third-order valence-electron chi connectivity index (χ3n) is 13.1. The molecular formula is C58H44N2O2. The highest BCUT2D eigenvalue weighted by atomic mass is 16.3. The predicted molar refractivity (Wildman–Crippen MR) is 262 cm³/mol. The summed E-state index contributed by atoms with van der Waals surface area (Å²) in [5.41, 5.74) is 14.9. The van der Waals surface area contributed by atoms with Crippen molar-refractivity contribution in [2.24, 2.45) is 0 Å². The summed E-state index contributed by atoms with van der Waals surface area (Å²) in [5, 5.41) is 11.8. The van der Waals surface area contributed by atoms with Gasteiger partial charge < -0.3 is 18.6 Å². The van der Waals surface area contributed by atoms with E-state index in [2.05, 4.69) is 207 Å². The van der Waals surface area contributed by atoms with Crippen molar-refractivity contribution in [3.8, 4) is 0 Å². The van der Waals surface area contributed by atoms with Crippen molar-refractivity contribution >= 4 is 110 Å². The number of rotatable bonds is 8. The van der Waals surface area contributed by atoms with Crippen LogP contribution in [-0.4, -0.2) is 0 Å². The monoisotopic (exact) mass is 800 g/mol. The number of nitrogens with zero attached hydrogens (tertiary/aromatic N) is 2. The molecule has 0 unspecified atom stereocenters. The van der Waals surface area contributed by atoms with Crippen molar-refractivity contribution in [2.75, 3.05) is 9.80 Å². The molecule has 0 amide bonds. The van der Waals surface area contributed by atoms with Crippen molar-refractivity contribution in [1.82, 2.24) is 0 Å². The number of para-hydroxylation sites is 4. The molecule has 0 N–H and O–H groups in total. The van der Waals surface area contributed by atoms with Gasteiger partial charge in [0.05, 0.1) is 22.7 Å². The lowest BCUT2D eigenvalue weighted by atomic mass is 9.91. The second-order valence-corrected chi connectivity index (χ2v) is 16.7. The quantitative estimate of drug-likeness (QED) is 0.143. The second kappa shape index (κ2) is 14.0. The number of anilines is 6. The van der Waals surface area contributed by atoms with Gasteiger partial charge in [0, 0.05) is 43.7 Å². The van der Waals surface area contributed by atoms with Crippen LogP contribution in [0.4, 0.5) is 34.1 Å². The zero-order valence-corrected chi connectivity index (χ0v) is 35.3. The van der Waals surface area contributed by atoms with Crippen LogP contribution in [-0.2, 0) is 12.8 Å². The van der Waals surface area contributed by atoms with Crippen molar-refractivity contribution in [2.45, 2.75) is 40.5 Å². The second-order valence-electron chi connectivity index (χ2n) is 16.7. The maximum atomic E-state index is 6.92. The van der Waals surface area contributed by atoms with Crippen LogP contribution < -0.4 is 9.80 Å². The third kappa shape index (κ3) is 5.39. The summed E-state index contributed by atoms with van der Waals surface area (Å²) >= 11 is 0. The number of hydrogen-bond donors (Lipinski definition) is 0. The molecule has 12 rings (SSSR count). The molecule has 0 aliphatic heterocycles. The van der Waals surface area contributed by atoms with E-state index in [4.69, 9.17) is 8.83 Å². The van der Waals surface area contributed by atoms with Crippen LogP contribution in [0.2, 0.25) is 0 Å². The molecule has 0 saturated carbocycles. The average Bonchev–Trinajstić information content (AvgIpc) is 3.90. The van der Waals surface area contributed by atoms with Gasteiger partial charge in [0.25, 0.3) is 0 Å². The lowest BCUT2D eigenvalue weighted by Crippen LogP contribution is -2.12. The summed E-state index contributed by atoms with van der Waals surface area (Å²) in [6.45, 7) is 8.67. The molecule has 10 aromatic carbocycles. The molecule has 0 spiro atoms. The zero-order valence-electron chi connectivity index (χ0n) is 35.3. The van der Waals surface area contributed by atoms with Crippen LogP contribution in [0.15, 0.2) is 179 Å². The first-order valence-corrected chi connectivity index (χ1v) is 21.8. The van der Waals surface area contributed by atoms with Gasteiger partial charge in [-0.2, -0.15) is 0 Å². The normalized spacial score (nSPS) is 12.0. The Bertz CT molecular complexity index is 3440. The summed E-state index contributed by atoms with van der Waals surface area (Å²) in [5.74, 6) is 0. The van der Waals surface area contributed by atoms with Crippen LogP contribution in [0.5, 0.6) is 0 Å². The fourth-order valence-corrected chi connectivity index (χ4v) is 10.0. The van der Waals surface area contributed by atoms with Crippen molar-refractivity contribution in [3.05, 3.63) is 192 Å². The lowest BCUT2D eigenvalue weighted by molar-refractivity contribution is 0.663. The van der Waals surface area contributed by atoms with Gasteiger partial charge in [-0.15, -0.1) is 0 Å². The Morgan fingerprint density at radius 3 is 1.11 bits per heavy atom. The molecular weight excluding hydrogens is 757 g/mol. The van der Waals surface area contributed by atoms with Crippen LogP contribution in [0.1, 0.15) is 36.1 Å². The third-order valence-corrected chi connectivity index (χ3v) is 13.1. The van der Waals surface area contributed by atoms with Gasteiger partial charge >= 0.3 is 0 Å². The molecule has 2 heterocycles. The molecule has 0 bridgehead atoms. The minimum atomic E-state index is 0.886. The minimum absolute atomic E-state index is 0.886. The smallest absolute Gasteiger partial charge is 0.159 e. The van der Waals surface area contributed by atoms with Gasteiger partial charge in [0.1, 0.15) is 11.2 Å². The van der Waals surface area contributed by atoms with Gasteiger partial charge in [-0.1, -0.05) is 146 Å². The van der Waals surface area contributed by atoms with E-state index in [1.165, 1.54) is 54.6 Å². The van der Waals surface area contributed by atoms with Crippen LogP contribution in [0, 0.1) is 13.8 Å². The summed E-state index contributed by atoms with van der Waals surface area (Å²) in [6, 6.07) is 62.2. The van der Waals surface area contributed by atoms with E-state index in [1.54, 1.807) is 0 Å². The molecule has 2 aromatic heterocycles. The Hall–Kier alpha value is -7.56. The molecule has 298 valence electrons. The first-order valence-electron chi connectivity index (χ1n) is 21.8. The Morgan fingerprint density at radius 1 is 0.339 bits per heavy atom. The molecule has 4 nitrogen and oxygen atoms in total. The van der Waals surface area contributed by atoms with Crippen LogP contribution in [0.3, 0.4) is 0 Å². The maximum Gasteiger partial charge on any atom is 0.159 e. The van der Waals surface area contributed by atoms with Gasteiger partial charge in [0.2, 0.25) is 0 Å². The predicted octanol–water partition coefficient (Wildman–Crippen LogP) is 17.1. The summed E-state index contributed by atoms with van der Waals surface area (Å²) in [4.78, 5) is 4.79. The first kappa shape index (κ1) is 36.3.